The molecule has 2 aliphatic heterocycles. The molecule has 0 radical (unpaired) electrons. The van der Waals surface area contributed by atoms with Gasteiger partial charge in [-0.25, -0.2) is 8.42 Å². The number of nitrogens with zero attached hydrogens (tertiary/aromatic N) is 2. The molecule has 1 fully saturated rings. The molecule has 0 aromatic heterocycles. The molecule has 31 heavy (non-hydrogen) atoms. The molecule has 0 unspecified atom stereocenters. The number of sulfonamides is 1. The van der Waals surface area contributed by atoms with Crippen molar-refractivity contribution in [3.05, 3.63) is 64.7 Å². The number of rotatable bonds is 4. The maximum Gasteiger partial charge on any atom is 0.243 e. The number of aryl methyl sites for hydroxylation is 1. The molecule has 0 atom stereocenters. The van der Waals surface area contributed by atoms with Crippen LogP contribution in [0.2, 0.25) is 5.02 Å². The third-order valence-corrected chi connectivity index (χ3v) is 8.03. The van der Waals surface area contributed by atoms with Crippen molar-refractivity contribution in [1.29, 1.82) is 0 Å². The van der Waals surface area contributed by atoms with E-state index in [9.17, 15) is 8.42 Å². The number of hydrogen-bond acceptors (Lipinski definition) is 5. The molecular formula is C22H28Cl2N4O2S. The molecule has 0 amide bonds. The highest BCUT2D eigenvalue weighted by molar-refractivity contribution is 7.89. The summed E-state index contributed by atoms with van der Waals surface area (Å²) in [5.41, 5.74) is 2.14. The van der Waals surface area contributed by atoms with Crippen molar-refractivity contribution in [3.8, 4) is 0 Å². The molecule has 0 saturated carbocycles. The Morgan fingerprint density at radius 1 is 1.16 bits per heavy atom. The summed E-state index contributed by atoms with van der Waals surface area (Å²) in [5, 5.41) is 7.67. The zero-order chi connectivity index (χ0) is 21.2. The molecule has 2 heterocycles. The Balaban J connectivity index is 0.00000272. The monoisotopic (exact) mass is 482 g/mol. The first kappa shape index (κ1) is 24.0. The van der Waals surface area contributed by atoms with Crippen LogP contribution >= 0.6 is 24.0 Å². The second kappa shape index (κ2) is 9.88. The molecule has 1 spiro atoms. The summed E-state index contributed by atoms with van der Waals surface area (Å²) in [6.07, 6.45) is 1.36. The standard InChI is InChI=1S/C22H27ClN4O2S.ClH/c1-17-3-2-4-18(15-17)16-25-21-22(26-12-11-24-21)9-13-27(14-10-22)30(28,29)20-7-5-19(23)6-8-20;/h2-8,15,26H,9-14,16H2,1H3,(H,24,25);1H. The smallest absolute Gasteiger partial charge is 0.243 e. The second-order valence-electron chi connectivity index (χ2n) is 7.94. The van der Waals surface area contributed by atoms with Gasteiger partial charge in [0.2, 0.25) is 10.0 Å². The summed E-state index contributed by atoms with van der Waals surface area (Å²) < 4.78 is 27.6. The average Bonchev–Trinajstić information content (AvgIpc) is 2.74. The molecule has 0 bridgehead atoms. The zero-order valence-electron chi connectivity index (χ0n) is 17.5. The fraction of sp³-hybridized carbons (Fsp3) is 0.409. The Labute approximate surface area is 195 Å². The van der Waals surface area contributed by atoms with E-state index in [1.807, 2.05) is 0 Å². The average molecular weight is 483 g/mol. The number of aliphatic imine (C=N–C) groups is 1. The fourth-order valence-electron chi connectivity index (χ4n) is 4.21. The second-order valence-corrected chi connectivity index (χ2v) is 10.3. The van der Waals surface area contributed by atoms with Crippen LogP contribution in [0.4, 0.5) is 0 Å². The van der Waals surface area contributed by atoms with Crippen LogP contribution in [0.3, 0.4) is 0 Å². The first-order valence-corrected chi connectivity index (χ1v) is 12.1. The minimum atomic E-state index is -3.53. The third-order valence-electron chi connectivity index (χ3n) is 5.87. The summed E-state index contributed by atoms with van der Waals surface area (Å²) in [5.74, 6) is 0.943. The molecule has 4 rings (SSSR count). The van der Waals surface area contributed by atoms with E-state index >= 15 is 0 Å². The fourth-order valence-corrected chi connectivity index (χ4v) is 5.78. The van der Waals surface area contributed by atoms with E-state index in [0.29, 0.717) is 37.5 Å². The molecule has 2 aromatic rings. The summed E-state index contributed by atoms with van der Waals surface area (Å²) in [7, 11) is -3.53. The van der Waals surface area contributed by atoms with Gasteiger partial charge in [0.15, 0.2) is 0 Å². The Morgan fingerprint density at radius 3 is 2.55 bits per heavy atom. The predicted octanol–water partition coefficient (Wildman–Crippen LogP) is 3.39. The first-order valence-electron chi connectivity index (χ1n) is 10.2. The Kier molecular flexibility index (Phi) is 7.65. The highest BCUT2D eigenvalue weighted by Crippen LogP contribution is 2.29. The van der Waals surface area contributed by atoms with Gasteiger partial charge in [0.25, 0.3) is 0 Å². The lowest BCUT2D eigenvalue weighted by Gasteiger charge is -2.44. The molecule has 168 valence electrons. The predicted molar refractivity (Wildman–Crippen MR) is 128 cm³/mol. The van der Waals surface area contributed by atoms with Gasteiger partial charge >= 0.3 is 0 Å². The Bertz CT molecular complexity index is 1030. The van der Waals surface area contributed by atoms with Crippen molar-refractivity contribution in [2.45, 2.75) is 36.7 Å². The van der Waals surface area contributed by atoms with Gasteiger partial charge in [-0.05, 0) is 49.6 Å². The first-order chi connectivity index (χ1) is 14.4. The van der Waals surface area contributed by atoms with Gasteiger partial charge in [0.05, 0.1) is 17.0 Å². The minimum absolute atomic E-state index is 0. The molecule has 2 aromatic carbocycles. The molecule has 2 N–H and O–H groups in total. The van der Waals surface area contributed by atoms with E-state index in [0.717, 1.165) is 18.9 Å². The van der Waals surface area contributed by atoms with Crippen LogP contribution < -0.4 is 10.6 Å². The van der Waals surface area contributed by atoms with Gasteiger partial charge in [-0.3, -0.25) is 4.99 Å². The van der Waals surface area contributed by atoms with Crippen LogP contribution in [0.25, 0.3) is 0 Å². The molecule has 2 aliphatic rings. The lowest BCUT2D eigenvalue weighted by molar-refractivity contribution is 0.241. The zero-order valence-corrected chi connectivity index (χ0v) is 19.9. The maximum absolute atomic E-state index is 13.0. The van der Waals surface area contributed by atoms with Crippen LogP contribution in [-0.2, 0) is 16.6 Å². The van der Waals surface area contributed by atoms with Crippen molar-refractivity contribution in [2.75, 3.05) is 26.2 Å². The third kappa shape index (κ3) is 5.23. The van der Waals surface area contributed by atoms with Crippen molar-refractivity contribution in [2.24, 2.45) is 4.99 Å². The normalized spacial score (nSPS) is 18.8. The highest BCUT2D eigenvalue weighted by Gasteiger charge is 2.43. The highest BCUT2D eigenvalue weighted by atomic mass is 35.5. The quantitative estimate of drug-likeness (QED) is 0.700. The van der Waals surface area contributed by atoms with Gasteiger partial charge in [0, 0.05) is 31.2 Å². The topological polar surface area (TPSA) is 73.8 Å². The molecule has 9 heteroatoms. The van der Waals surface area contributed by atoms with Crippen LogP contribution in [0, 0.1) is 6.92 Å². The minimum Gasteiger partial charge on any atom is -0.368 e. The summed E-state index contributed by atoms with van der Waals surface area (Å²) in [6.45, 7) is 5.22. The number of hydrogen-bond donors (Lipinski definition) is 2. The van der Waals surface area contributed by atoms with Crippen molar-refractivity contribution in [1.82, 2.24) is 14.9 Å². The van der Waals surface area contributed by atoms with Crippen molar-refractivity contribution in [3.63, 3.8) is 0 Å². The number of halogens is 2. The lowest BCUT2D eigenvalue weighted by Crippen LogP contribution is -2.64. The molecule has 6 nitrogen and oxygen atoms in total. The van der Waals surface area contributed by atoms with Gasteiger partial charge in [-0.1, -0.05) is 41.4 Å². The summed E-state index contributed by atoms with van der Waals surface area (Å²) in [6, 6.07) is 14.8. The van der Waals surface area contributed by atoms with Gasteiger partial charge < -0.3 is 10.6 Å². The molecular weight excluding hydrogens is 455 g/mol. The van der Waals surface area contributed by atoms with E-state index < -0.39 is 10.0 Å². The number of nitrogens with one attached hydrogen (secondary N) is 2. The lowest BCUT2D eigenvalue weighted by atomic mass is 9.85. The number of piperidine rings is 1. The van der Waals surface area contributed by atoms with E-state index in [2.05, 4.69) is 41.8 Å². The van der Waals surface area contributed by atoms with Crippen LogP contribution in [0.5, 0.6) is 0 Å². The summed E-state index contributed by atoms with van der Waals surface area (Å²) >= 11 is 5.91. The Hall–Kier alpha value is -1.64. The van der Waals surface area contributed by atoms with Crippen LogP contribution in [0.1, 0.15) is 24.0 Å². The van der Waals surface area contributed by atoms with Crippen LogP contribution in [0.15, 0.2) is 58.4 Å². The van der Waals surface area contributed by atoms with Gasteiger partial charge in [0.1, 0.15) is 5.84 Å². The van der Waals surface area contributed by atoms with Crippen molar-refractivity contribution >= 4 is 39.9 Å². The number of benzene rings is 2. The SMILES string of the molecule is Cc1cccc(CNC2=NCCNC23CCN(S(=O)(=O)c2ccc(Cl)cc2)CC3)c1.Cl. The molecule has 0 aliphatic carbocycles. The Morgan fingerprint density at radius 2 is 1.87 bits per heavy atom. The maximum atomic E-state index is 13.0. The number of amidine groups is 1. The van der Waals surface area contributed by atoms with E-state index in [1.165, 1.54) is 11.1 Å². The van der Waals surface area contributed by atoms with E-state index in [-0.39, 0.29) is 22.8 Å². The molecule has 1 saturated heterocycles. The van der Waals surface area contributed by atoms with E-state index in [4.69, 9.17) is 16.6 Å². The largest absolute Gasteiger partial charge is 0.368 e. The summed E-state index contributed by atoms with van der Waals surface area (Å²) in [4.78, 5) is 5.04. The van der Waals surface area contributed by atoms with Crippen LogP contribution in [-0.4, -0.2) is 50.3 Å². The van der Waals surface area contributed by atoms with Crippen molar-refractivity contribution < 1.29 is 8.42 Å². The van der Waals surface area contributed by atoms with Gasteiger partial charge in [-0.15, -0.1) is 12.4 Å². The van der Waals surface area contributed by atoms with E-state index in [1.54, 1.807) is 28.6 Å². The van der Waals surface area contributed by atoms with Gasteiger partial charge in [-0.2, -0.15) is 4.31 Å².